The minimum Gasteiger partial charge on any atom is -0.324 e. The van der Waals surface area contributed by atoms with Crippen molar-refractivity contribution in [2.75, 3.05) is 0 Å². The molecule has 2 N–H and O–H groups in total. The molecule has 0 aromatic heterocycles. The monoisotopic (exact) mass is 223 g/mol. The Hall–Kier alpha value is -0.740. The maximum atomic E-state index is 12.2. The summed E-state index contributed by atoms with van der Waals surface area (Å²) >= 11 is 5.65. The van der Waals surface area contributed by atoms with Crippen LogP contribution in [0.1, 0.15) is 24.1 Å². The highest BCUT2D eigenvalue weighted by Gasteiger charge is 2.30. The summed E-state index contributed by atoms with van der Waals surface area (Å²) in [5.41, 5.74) is 5.26. The first-order valence-corrected chi connectivity index (χ1v) is 4.32. The molecular formula is C9H9ClF3N. The van der Waals surface area contributed by atoms with Crippen molar-refractivity contribution in [1.82, 2.24) is 0 Å². The first kappa shape index (κ1) is 11.3. The fourth-order valence-corrected chi connectivity index (χ4v) is 1.43. The fourth-order valence-electron chi connectivity index (χ4n) is 1.07. The molecule has 1 rings (SSSR count). The Morgan fingerprint density at radius 2 is 1.93 bits per heavy atom. The lowest BCUT2D eigenvalue weighted by Crippen LogP contribution is -2.09. The van der Waals surface area contributed by atoms with Crippen LogP contribution < -0.4 is 5.73 Å². The summed E-state index contributed by atoms with van der Waals surface area (Å²) in [4.78, 5) is 0. The van der Waals surface area contributed by atoms with Crippen LogP contribution >= 0.6 is 11.6 Å². The molecule has 0 aliphatic rings. The molecule has 0 saturated heterocycles. The van der Waals surface area contributed by atoms with Crippen molar-refractivity contribution in [1.29, 1.82) is 0 Å². The van der Waals surface area contributed by atoms with Gasteiger partial charge in [0, 0.05) is 11.1 Å². The molecule has 0 amide bonds. The molecule has 0 spiro atoms. The van der Waals surface area contributed by atoms with Crippen molar-refractivity contribution < 1.29 is 13.2 Å². The molecule has 1 unspecified atom stereocenters. The zero-order valence-electron chi connectivity index (χ0n) is 7.40. The van der Waals surface area contributed by atoms with Crippen LogP contribution in [0.15, 0.2) is 18.2 Å². The standard InChI is InChI=1S/C9H9ClF3N/c1-5(14)7-3-2-6(4-8(7)10)9(11,12)13/h2-5H,14H2,1H3. The van der Waals surface area contributed by atoms with Crippen LogP contribution in [0.3, 0.4) is 0 Å². The molecule has 0 bridgehead atoms. The van der Waals surface area contributed by atoms with Gasteiger partial charge in [-0.1, -0.05) is 17.7 Å². The molecule has 14 heavy (non-hydrogen) atoms. The smallest absolute Gasteiger partial charge is 0.324 e. The minimum absolute atomic E-state index is 0.0508. The van der Waals surface area contributed by atoms with E-state index in [1.165, 1.54) is 6.07 Å². The van der Waals surface area contributed by atoms with E-state index < -0.39 is 11.7 Å². The van der Waals surface area contributed by atoms with Gasteiger partial charge >= 0.3 is 6.18 Å². The van der Waals surface area contributed by atoms with Crippen LogP contribution in [0.2, 0.25) is 5.02 Å². The van der Waals surface area contributed by atoms with E-state index in [2.05, 4.69) is 0 Å². The Morgan fingerprint density at radius 3 is 2.29 bits per heavy atom. The lowest BCUT2D eigenvalue weighted by molar-refractivity contribution is -0.137. The molecule has 0 aliphatic carbocycles. The van der Waals surface area contributed by atoms with E-state index in [0.717, 1.165) is 12.1 Å². The van der Waals surface area contributed by atoms with E-state index in [9.17, 15) is 13.2 Å². The average molecular weight is 224 g/mol. The summed E-state index contributed by atoms with van der Waals surface area (Å²) in [5.74, 6) is 0. The van der Waals surface area contributed by atoms with Crippen LogP contribution in [-0.4, -0.2) is 0 Å². The highest BCUT2D eigenvalue weighted by molar-refractivity contribution is 6.31. The lowest BCUT2D eigenvalue weighted by atomic mass is 10.1. The van der Waals surface area contributed by atoms with Crippen molar-refractivity contribution in [3.05, 3.63) is 34.3 Å². The Bertz CT molecular complexity index is 333. The number of hydrogen-bond donors (Lipinski definition) is 1. The van der Waals surface area contributed by atoms with Crippen LogP contribution in [0.5, 0.6) is 0 Å². The quantitative estimate of drug-likeness (QED) is 0.776. The van der Waals surface area contributed by atoms with Gasteiger partial charge in [0.25, 0.3) is 0 Å². The lowest BCUT2D eigenvalue weighted by Gasteiger charge is -2.11. The summed E-state index contributed by atoms with van der Waals surface area (Å²) in [6, 6.07) is 2.80. The van der Waals surface area contributed by atoms with Gasteiger partial charge in [-0.3, -0.25) is 0 Å². The second-order valence-electron chi connectivity index (χ2n) is 3.02. The topological polar surface area (TPSA) is 26.0 Å². The first-order valence-electron chi connectivity index (χ1n) is 3.94. The van der Waals surface area contributed by atoms with Gasteiger partial charge in [0.05, 0.1) is 5.56 Å². The molecular weight excluding hydrogens is 215 g/mol. The number of halogens is 4. The van der Waals surface area contributed by atoms with Gasteiger partial charge in [-0.05, 0) is 24.6 Å². The van der Waals surface area contributed by atoms with Gasteiger partial charge in [-0.25, -0.2) is 0 Å². The van der Waals surface area contributed by atoms with Crippen molar-refractivity contribution in [3.63, 3.8) is 0 Å². The Balaban J connectivity index is 3.13. The van der Waals surface area contributed by atoms with E-state index in [0.29, 0.717) is 5.56 Å². The minimum atomic E-state index is -4.36. The van der Waals surface area contributed by atoms with Crippen molar-refractivity contribution in [2.45, 2.75) is 19.1 Å². The average Bonchev–Trinajstić information content (AvgIpc) is 2.01. The van der Waals surface area contributed by atoms with Crippen LogP contribution in [-0.2, 0) is 6.18 Å². The van der Waals surface area contributed by atoms with Gasteiger partial charge in [-0.2, -0.15) is 13.2 Å². The third-order valence-corrected chi connectivity index (χ3v) is 2.15. The molecule has 1 nitrogen and oxygen atoms in total. The second kappa shape index (κ2) is 3.79. The summed E-state index contributed by atoms with van der Waals surface area (Å²) in [6.07, 6.45) is -4.36. The molecule has 78 valence electrons. The highest BCUT2D eigenvalue weighted by Crippen LogP contribution is 2.33. The van der Waals surface area contributed by atoms with Gasteiger partial charge in [0.2, 0.25) is 0 Å². The molecule has 1 atom stereocenters. The highest BCUT2D eigenvalue weighted by atomic mass is 35.5. The fraction of sp³-hybridized carbons (Fsp3) is 0.333. The van der Waals surface area contributed by atoms with Gasteiger partial charge in [-0.15, -0.1) is 0 Å². The molecule has 0 aliphatic heterocycles. The summed E-state index contributed by atoms with van der Waals surface area (Å²) in [5, 5.41) is 0.0508. The Kier molecular flexibility index (Phi) is 3.07. The molecule has 5 heteroatoms. The molecule has 1 aromatic carbocycles. The molecule has 0 fully saturated rings. The molecule has 1 aromatic rings. The molecule has 0 heterocycles. The number of benzene rings is 1. The number of hydrogen-bond acceptors (Lipinski definition) is 1. The maximum absolute atomic E-state index is 12.2. The summed E-state index contributed by atoms with van der Waals surface area (Å²) < 4.78 is 36.6. The second-order valence-corrected chi connectivity index (χ2v) is 3.43. The number of nitrogens with two attached hydrogens (primary N) is 1. The predicted octanol–water partition coefficient (Wildman–Crippen LogP) is 3.38. The zero-order valence-corrected chi connectivity index (χ0v) is 8.15. The van der Waals surface area contributed by atoms with Crippen LogP contribution in [0, 0.1) is 0 Å². The van der Waals surface area contributed by atoms with E-state index in [1.54, 1.807) is 6.92 Å². The zero-order chi connectivity index (χ0) is 10.9. The normalized spacial score (nSPS) is 14.1. The summed E-state index contributed by atoms with van der Waals surface area (Å²) in [7, 11) is 0. The van der Waals surface area contributed by atoms with Crippen molar-refractivity contribution in [2.24, 2.45) is 5.73 Å². The number of rotatable bonds is 1. The molecule has 0 radical (unpaired) electrons. The Labute approximate surface area is 84.7 Å². The number of alkyl halides is 3. The maximum Gasteiger partial charge on any atom is 0.416 e. The predicted molar refractivity (Wildman–Crippen MR) is 49.1 cm³/mol. The van der Waals surface area contributed by atoms with Crippen LogP contribution in [0.25, 0.3) is 0 Å². The largest absolute Gasteiger partial charge is 0.416 e. The first-order chi connectivity index (χ1) is 6.32. The molecule has 0 saturated carbocycles. The van der Waals surface area contributed by atoms with Gasteiger partial charge in [0.1, 0.15) is 0 Å². The third-order valence-electron chi connectivity index (χ3n) is 1.82. The van der Waals surface area contributed by atoms with Crippen LogP contribution in [0.4, 0.5) is 13.2 Å². The summed E-state index contributed by atoms with van der Waals surface area (Å²) in [6.45, 7) is 1.66. The van der Waals surface area contributed by atoms with Gasteiger partial charge in [0.15, 0.2) is 0 Å². The van der Waals surface area contributed by atoms with Gasteiger partial charge < -0.3 is 5.73 Å². The SMILES string of the molecule is CC(N)c1ccc(C(F)(F)F)cc1Cl. The van der Waals surface area contributed by atoms with E-state index in [4.69, 9.17) is 17.3 Å². The van der Waals surface area contributed by atoms with Crippen molar-refractivity contribution >= 4 is 11.6 Å². The Morgan fingerprint density at radius 1 is 1.36 bits per heavy atom. The van der Waals surface area contributed by atoms with Crippen molar-refractivity contribution in [3.8, 4) is 0 Å². The van der Waals surface area contributed by atoms with E-state index in [-0.39, 0.29) is 11.1 Å². The third kappa shape index (κ3) is 2.39. The van der Waals surface area contributed by atoms with E-state index >= 15 is 0 Å². The van der Waals surface area contributed by atoms with E-state index in [1.807, 2.05) is 0 Å².